The molecule has 0 unspecified atom stereocenters. The fraction of sp³-hybridized carbons (Fsp3) is 0. The van der Waals surface area contributed by atoms with Crippen LogP contribution in [0.2, 0.25) is 0 Å². The van der Waals surface area contributed by atoms with Crippen LogP contribution in [-0.4, -0.2) is 25.7 Å². The molecule has 0 fully saturated rings. The second kappa shape index (κ2) is 4.58. The lowest BCUT2D eigenvalue weighted by Crippen LogP contribution is -2.17. The van der Waals surface area contributed by atoms with Crippen LogP contribution in [-0.2, 0) is 0 Å². The van der Waals surface area contributed by atoms with Crippen molar-refractivity contribution < 1.29 is 10.3 Å². The van der Waals surface area contributed by atoms with E-state index in [1.807, 2.05) is 12.1 Å². The van der Waals surface area contributed by atoms with Gasteiger partial charge in [0.25, 0.3) is 0 Å². The Labute approximate surface area is 114 Å². The minimum absolute atomic E-state index is 0.00560. The van der Waals surface area contributed by atoms with Crippen LogP contribution in [0.25, 0.3) is 16.6 Å². The van der Waals surface area contributed by atoms with Gasteiger partial charge in [0.1, 0.15) is 11.6 Å². The van der Waals surface area contributed by atoms with E-state index in [9.17, 15) is 5.11 Å². The molecule has 0 radical (unpaired) electrons. The smallest absolute Gasteiger partial charge is 0.187 e. The standard InChI is InChI=1S/C14H12N4O2/c15-13(17-20)12-2-1-7-18(12)14-11-8-10(19)4-3-9(11)5-6-16-14/h1-8,19-20H,(H2,15,17). The van der Waals surface area contributed by atoms with E-state index < -0.39 is 0 Å². The molecule has 0 aliphatic rings. The predicted octanol–water partition coefficient (Wildman–Crippen LogP) is 1.83. The topological polar surface area (TPSA) is 96.7 Å². The highest BCUT2D eigenvalue weighted by atomic mass is 16.4. The molecular formula is C14H12N4O2. The number of fused-ring (bicyclic) bond motifs is 1. The maximum atomic E-state index is 9.65. The molecule has 2 aromatic heterocycles. The van der Waals surface area contributed by atoms with Crippen LogP contribution in [0.15, 0.2) is 53.9 Å². The summed E-state index contributed by atoms with van der Waals surface area (Å²) in [6.07, 6.45) is 3.43. The highest BCUT2D eigenvalue weighted by Gasteiger charge is 2.11. The molecule has 0 amide bonds. The molecule has 3 aromatic rings. The van der Waals surface area contributed by atoms with Gasteiger partial charge in [-0.1, -0.05) is 11.2 Å². The number of amidine groups is 1. The molecule has 0 bridgehead atoms. The molecule has 0 saturated carbocycles. The van der Waals surface area contributed by atoms with Crippen molar-refractivity contribution in [2.45, 2.75) is 0 Å². The first-order valence-corrected chi connectivity index (χ1v) is 5.94. The Morgan fingerprint density at radius 1 is 1.25 bits per heavy atom. The molecule has 0 aliphatic carbocycles. The Morgan fingerprint density at radius 2 is 2.10 bits per heavy atom. The van der Waals surface area contributed by atoms with Crippen LogP contribution >= 0.6 is 0 Å². The van der Waals surface area contributed by atoms with Crippen molar-refractivity contribution in [2.75, 3.05) is 0 Å². The number of aromatic nitrogens is 2. The van der Waals surface area contributed by atoms with E-state index in [1.165, 1.54) is 0 Å². The number of nitrogens with two attached hydrogens (primary N) is 1. The summed E-state index contributed by atoms with van der Waals surface area (Å²) in [6.45, 7) is 0. The summed E-state index contributed by atoms with van der Waals surface area (Å²) >= 11 is 0. The van der Waals surface area contributed by atoms with Crippen LogP contribution in [0.4, 0.5) is 0 Å². The van der Waals surface area contributed by atoms with Gasteiger partial charge in [-0.15, -0.1) is 0 Å². The van der Waals surface area contributed by atoms with Gasteiger partial charge in [-0.25, -0.2) is 4.98 Å². The van der Waals surface area contributed by atoms with E-state index in [2.05, 4.69) is 10.1 Å². The second-order valence-electron chi connectivity index (χ2n) is 4.29. The van der Waals surface area contributed by atoms with Gasteiger partial charge in [0.05, 0.1) is 5.69 Å². The quantitative estimate of drug-likeness (QED) is 0.286. The fourth-order valence-corrected chi connectivity index (χ4v) is 2.16. The van der Waals surface area contributed by atoms with Crippen molar-refractivity contribution in [1.82, 2.24) is 9.55 Å². The number of benzene rings is 1. The molecule has 20 heavy (non-hydrogen) atoms. The van der Waals surface area contributed by atoms with Crippen LogP contribution in [0.3, 0.4) is 0 Å². The fourth-order valence-electron chi connectivity index (χ4n) is 2.16. The van der Waals surface area contributed by atoms with Crippen molar-refractivity contribution >= 4 is 16.6 Å². The zero-order valence-corrected chi connectivity index (χ0v) is 10.4. The van der Waals surface area contributed by atoms with Crippen molar-refractivity contribution in [3.05, 3.63) is 54.5 Å². The number of oxime groups is 1. The molecule has 6 heteroatoms. The lowest BCUT2D eigenvalue weighted by atomic mass is 10.1. The number of phenolic OH excluding ortho intramolecular Hbond substituents is 1. The molecule has 3 rings (SSSR count). The minimum atomic E-state index is -0.00560. The Morgan fingerprint density at radius 3 is 2.90 bits per heavy atom. The number of rotatable bonds is 2. The third-order valence-electron chi connectivity index (χ3n) is 3.08. The molecule has 0 atom stereocenters. The largest absolute Gasteiger partial charge is 0.508 e. The summed E-state index contributed by atoms with van der Waals surface area (Å²) in [4.78, 5) is 4.33. The van der Waals surface area contributed by atoms with Crippen LogP contribution < -0.4 is 5.73 Å². The Bertz CT molecular complexity index is 808. The number of hydrogen-bond acceptors (Lipinski definition) is 4. The maximum absolute atomic E-state index is 9.65. The third-order valence-corrected chi connectivity index (χ3v) is 3.08. The minimum Gasteiger partial charge on any atom is -0.508 e. The third kappa shape index (κ3) is 1.83. The number of phenols is 1. The molecule has 100 valence electrons. The van der Waals surface area contributed by atoms with Gasteiger partial charge in [-0.3, -0.25) is 4.57 Å². The van der Waals surface area contributed by atoms with Gasteiger partial charge < -0.3 is 16.0 Å². The summed E-state index contributed by atoms with van der Waals surface area (Å²) in [6, 6.07) is 10.4. The average molecular weight is 268 g/mol. The Kier molecular flexibility index (Phi) is 2.76. The highest BCUT2D eigenvalue weighted by molar-refractivity contribution is 5.97. The molecule has 4 N–H and O–H groups in total. The Balaban J connectivity index is 2.30. The predicted molar refractivity (Wildman–Crippen MR) is 75.2 cm³/mol. The molecule has 0 spiro atoms. The van der Waals surface area contributed by atoms with E-state index in [0.29, 0.717) is 11.5 Å². The van der Waals surface area contributed by atoms with Gasteiger partial charge in [-0.2, -0.15) is 0 Å². The van der Waals surface area contributed by atoms with Crippen LogP contribution in [0.5, 0.6) is 5.75 Å². The van der Waals surface area contributed by atoms with Crippen molar-refractivity contribution in [2.24, 2.45) is 10.9 Å². The van der Waals surface area contributed by atoms with Gasteiger partial charge in [0.15, 0.2) is 5.84 Å². The molecule has 6 nitrogen and oxygen atoms in total. The monoisotopic (exact) mass is 268 g/mol. The lowest BCUT2D eigenvalue weighted by molar-refractivity contribution is 0.318. The zero-order valence-electron chi connectivity index (χ0n) is 10.4. The van der Waals surface area contributed by atoms with E-state index in [4.69, 9.17) is 10.9 Å². The normalized spacial score (nSPS) is 11.9. The maximum Gasteiger partial charge on any atom is 0.187 e. The van der Waals surface area contributed by atoms with E-state index >= 15 is 0 Å². The van der Waals surface area contributed by atoms with Crippen LogP contribution in [0, 0.1) is 0 Å². The second-order valence-corrected chi connectivity index (χ2v) is 4.29. The SMILES string of the molecule is N/C(=N/O)c1cccn1-c1nccc2ccc(O)cc12. The van der Waals surface area contributed by atoms with E-state index in [1.54, 1.807) is 41.2 Å². The first kappa shape index (κ1) is 12.0. The first-order chi connectivity index (χ1) is 9.70. The number of hydrogen-bond donors (Lipinski definition) is 3. The summed E-state index contributed by atoms with van der Waals surface area (Å²) in [7, 11) is 0. The van der Waals surface area contributed by atoms with Gasteiger partial charge in [-0.05, 0) is 35.7 Å². The summed E-state index contributed by atoms with van der Waals surface area (Å²) in [5.74, 6) is 0.753. The zero-order chi connectivity index (χ0) is 14.1. The van der Waals surface area contributed by atoms with Crippen molar-refractivity contribution in [3.63, 3.8) is 0 Å². The van der Waals surface area contributed by atoms with Gasteiger partial charge in [0.2, 0.25) is 0 Å². The number of nitrogens with zero attached hydrogens (tertiary/aromatic N) is 3. The molecule has 0 aliphatic heterocycles. The van der Waals surface area contributed by atoms with Gasteiger partial charge >= 0.3 is 0 Å². The van der Waals surface area contributed by atoms with Crippen LogP contribution in [0.1, 0.15) is 5.69 Å². The van der Waals surface area contributed by atoms with Crippen molar-refractivity contribution in [1.29, 1.82) is 0 Å². The van der Waals surface area contributed by atoms with E-state index in [-0.39, 0.29) is 11.6 Å². The summed E-state index contributed by atoms with van der Waals surface area (Å²) in [5.41, 5.74) is 6.18. The molecule has 1 aromatic carbocycles. The summed E-state index contributed by atoms with van der Waals surface area (Å²) < 4.78 is 1.71. The molecular weight excluding hydrogens is 256 g/mol. The summed E-state index contributed by atoms with van der Waals surface area (Å²) in [5, 5.41) is 23.2. The lowest BCUT2D eigenvalue weighted by Gasteiger charge is -2.10. The first-order valence-electron chi connectivity index (χ1n) is 5.94. The average Bonchev–Trinajstić information content (AvgIpc) is 2.95. The number of pyridine rings is 1. The Hall–Kier alpha value is -3.02. The number of aromatic hydroxyl groups is 1. The van der Waals surface area contributed by atoms with Crippen molar-refractivity contribution in [3.8, 4) is 11.6 Å². The highest BCUT2D eigenvalue weighted by Crippen LogP contribution is 2.25. The molecule has 2 heterocycles. The molecule has 0 saturated heterocycles. The van der Waals surface area contributed by atoms with E-state index in [0.717, 1.165) is 10.8 Å². The van der Waals surface area contributed by atoms with Gasteiger partial charge in [0, 0.05) is 17.8 Å².